The van der Waals surface area contributed by atoms with Gasteiger partial charge in [0.15, 0.2) is 11.8 Å². The quantitative estimate of drug-likeness (QED) is 0.135. The van der Waals surface area contributed by atoms with Crippen molar-refractivity contribution in [2.24, 2.45) is 0 Å². The zero-order valence-corrected chi connectivity index (χ0v) is 21.2. The van der Waals surface area contributed by atoms with E-state index in [0.29, 0.717) is 11.8 Å². The Hall–Kier alpha value is -3.37. The van der Waals surface area contributed by atoms with Gasteiger partial charge in [-0.05, 0) is 39.1 Å². The average Bonchev–Trinajstić information content (AvgIpc) is 3.31. The summed E-state index contributed by atoms with van der Waals surface area (Å²) in [5.74, 6) is -0.0625. The van der Waals surface area contributed by atoms with Crippen molar-refractivity contribution >= 4 is 50.9 Å². The molecule has 1 N–H and O–H groups in total. The summed E-state index contributed by atoms with van der Waals surface area (Å²) in [4.78, 5) is 14.3. The third kappa shape index (κ3) is 5.01. The van der Waals surface area contributed by atoms with Gasteiger partial charge in [-0.3, -0.25) is 4.79 Å². The predicted molar refractivity (Wildman–Crippen MR) is 125 cm³/mol. The van der Waals surface area contributed by atoms with Crippen LogP contribution in [0.3, 0.4) is 0 Å². The van der Waals surface area contributed by atoms with Crippen molar-refractivity contribution in [3.8, 4) is 0 Å². The molecule has 0 spiro atoms. The minimum absolute atomic E-state index is 0. The number of rotatable bonds is 3. The maximum atomic E-state index is 10.0. The molecule has 0 bridgehead atoms. The molecule has 0 aliphatic carbocycles. The van der Waals surface area contributed by atoms with E-state index in [1.165, 1.54) is 19.9 Å². The second-order valence-corrected chi connectivity index (χ2v) is 7.84. The second-order valence-electron chi connectivity index (χ2n) is 7.84. The van der Waals surface area contributed by atoms with E-state index in [-0.39, 0.29) is 31.6 Å². The Balaban J connectivity index is 0.000000337. The molecule has 0 saturated heterocycles. The molecule has 0 fully saturated rings. The molecule has 0 atom stereocenters. The topological polar surface area (TPSA) is 69.3 Å². The molecular weight excluding hydrogens is 595 g/mol. The van der Waals surface area contributed by atoms with Crippen molar-refractivity contribution in [3.05, 3.63) is 72.6 Å². The number of pyridine rings is 1. The van der Waals surface area contributed by atoms with E-state index in [1.54, 1.807) is 6.20 Å². The summed E-state index contributed by atoms with van der Waals surface area (Å²) in [5.41, 5.74) is 4.62. The van der Waals surface area contributed by atoms with Gasteiger partial charge in [0.2, 0.25) is 5.71 Å². The van der Waals surface area contributed by atoms with Crippen LogP contribution in [0.25, 0.3) is 22.1 Å². The number of benzene rings is 2. The van der Waals surface area contributed by atoms with Crippen LogP contribution in [-0.2, 0) is 24.9 Å². The number of furan rings is 1. The van der Waals surface area contributed by atoms with Crippen LogP contribution in [0.15, 0.2) is 71.0 Å². The Morgan fingerprint density at radius 3 is 2.52 bits per heavy atom. The molecule has 4 aromatic rings. The minimum Gasteiger partial charge on any atom is -0.512 e. The molecule has 33 heavy (non-hydrogen) atoms. The Morgan fingerprint density at radius 2 is 1.88 bits per heavy atom. The molecule has 2 aromatic heterocycles. The van der Waals surface area contributed by atoms with E-state index in [9.17, 15) is 4.79 Å². The first kappa shape index (κ1) is 24.3. The third-order valence-corrected chi connectivity index (χ3v) is 4.92. The molecular formula is C26H24IrN3O3+. The first-order chi connectivity index (χ1) is 15.3. The van der Waals surface area contributed by atoms with Crippen molar-refractivity contribution in [1.82, 2.24) is 9.56 Å². The maximum Gasteiger partial charge on any atom is 0.494 e. The van der Waals surface area contributed by atoms with Gasteiger partial charge in [0.1, 0.15) is 5.69 Å². The zero-order valence-electron chi connectivity index (χ0n) is 18.8. The van der Waals surface area contributed by atoms with E-state index in [2.05, 4.69) is 53.7 Å². The monoisotopic (exact) mass is 619 g/mol. The summed E-state index contributed by atoms with van der Waals surface area (Å²) in [6.45, 7) is 7.16. The van der Waals surface area contributed by atoms with Crippen LogP contribution >= 0.6 is 0 Å². The third-order valence-electron chi connectivity index (χ3n) is 4.92. The number of hydrogen-bond acceptors (Lipinski definition) is 4. The number of aromatic nitrogens is 1. The van der Waals surface area contributed by atoms with E-state index < -0.39 is 0 Å². The van der Waals surface area contributed by atoms with Gasteiger partial charge >= 0.3 is 6.01 Å². The first-order valence-electron chi connectivity index (χ1n) is 10.4. The average molecular weight is 619 g/mol. The molecule has 1 aliphatic rings. The van der Waals surface area contributed by atoms with Crippen LogP contribution in [0.4, 0.5) is 17.1 Å². The fourth-order valence-electron chi connectivity index (χ4n) is 3.61. The Labute approximate surface area is 205 Å². The van der Waals surface area contributed by atoms with Crippen LogP contribution in [0.1, 0.15) is 27.7 Å². The molecule has 2 aromatic carbocycles. The van der Waals surface area contributed by atoms with Crippen molar-refractivity contribution in [1.29, 1.82) is 0 Å². The standard InChI is InChI=1S/C21H16N3O.C5H8O2.Ir/c1-14(2)23-13-24(19-8-4-3-7-18(19)23)15-9-10-16-17-6-5-11-22-21(17)25-20(16)12-15;1-4(6)3-5(2)7;/h3-8,10-12,14H,1-2H3;3,6H,1-2H3;/q+1;;/b;4-3-;. The number of aliphatic hydroxyl groups is 1. The van der Waals surface area contributed by atoms with Crippen molar-refractivity contribution in [3.63, 3.8) is 0 Å². The maximum absolute atomic E-state index is 10.0. The molecule has 5 rings (SSSR count). The second kappa shape index (κ2) is 10.1. The molecule has 0 unspecified atom stereocenters. The largest absolute Gasteiger partial charge is 0.512 e. The normalized spacial score (nSPS) is 12.6. The van der Waals surface area contributed by atoms with Crippen molar-refractivity contribution in [2.45, 2.75) is 33.7 Å². The van der Waals surface area contributed by atoms with Gasteiger partial charge in [-0.2, -0.15) is 6.07 Å². The van der Waals surface area contributed by atoms with Gasteiger partial charge in [0, 0.05) is 50.1 Å². The number of carbonyl (C=O) groups is 1. The SMILES string of the molecule is CC(=O)/C=C(/C)O.CC(C)[N+]1=C=[N+](c2[c-]cc3c(c2)oc2ncccc23)c2ccccc21.[Ir]. The molecule has 169 valence electrons. The molecule has 0 saturated carbocycles. The van der Waals surface area contributed by atoms with Crippen LogP contribution in [0, 0.1) is 6.07 Å². The fraction of sp³-hybridized carbons (Fsp3) is 0.192. The predicted octanol–water partition coefficient (Wildman–Crippen LogP) is 5.89. The van der Waals surface area contributed by atoms with E-state index in [4.69, 9.17) is 9.52 Å². The van der Waals surface area contributed by atoms with Crippen molar-refractivity contribution < 1.29 is 39.0 Å². The summed E-state index contributed by atoms with van der Waals surface area (Å²) in [7, 11) is 0. The van der Waals surface area contributed by atoms with E-state index in [0.717, 1.165) is 33.4 Å². The van der Waals surface area contributed by atoms with Gasteiger partial charge in [0.25, 0.3) is 11.4 Å². The smallest absolute Gasteiger partial charge is 0.494 e. The zero-order chi connectivity index (χ0) is 22.8. The van der Waals surface area contributed by atoms with Gasteiger partial charge < -0.3 is 9.52 Å². The number of fused-ring (bicyclic) bond motifs is 4. The Kier molecular flexibility index (Phi) is 7.39. The summed E-state index contributed by atoms with van der Waals surface area (Å²) >= 11 is 0. The number of aliphatic hydroxyl groups excluding tert-OH is 1. The molecule has 7 heteroatoms. The van der Waals surface area contributed by atoms with Gasteiger partial charge in [-0.1, -0.05) is 38.8 Å². The molecule has 3 heterocycles. The number of para-hydroxylation sites is 2. The summed E-state index contributed by atoms with van der Waals surface area (Å²) < 4.78 is 10.1. The first-order valence-corrected chi connectivity index (χ1v) is 10.4. The molecule has 1 aliphatic heterocycles. The van der Waals surface area contributed by atoms with Crippen LogP contribution in [0.5, 0.6) is 0 Å². The van der Waals surface area contributed by atoms with Crippen molar-refractivity contribution in [2.75, 3.05) is 0 Å². The summed E-state index contributed by atoms with van der Waals surface area (Å²) in [5, 5.41) is 10.4. The van der Waals surface area contributed by atoms with E-state index in [1.807, 2.05) is 34.9 Å². The number of hydrogen-bond donors (Lipinski definition) is 1. The van der Waals surface area contributed by atoms with Gasteiger partial charge in [-0.15, -0.1) is 6.07 Å². The Bertz CT molecular complexity index is 1440. The summed E-state index contributed by atoms with van der Waals surface area (Å²) in [6.07, 6.45) is 2.91. The van der Waals surface area contributed by atoms with Crippen LogP contribution in [-0.4, -0.2) is 32.5 Å². The van der Waals surface area contributed by atoms with Gasteiger partial charge in [-0.25, -0.2) is 4.98 Å². The molecule has 1 radical (unpaired) electrons. The molecule has 6 nitrogen and oxygen atoms in total. The Morgan fingerprint density at radius 1 is 1.15 bits per heavy atom. The number of nitrogens with zero attached hydrogens (tertiary/aromatic N) is 3. The molecule has 0 amide bonds. The number of carbonyl (C=O) groups excluding carboxylic acids is 1. The number of allylic oxidation sites excluding steroid dienone is 2. The fourth-order valence-corrected chi connectivity index (χ4v) is 3.61. The van der Waals surface area contributed by atoms with E-state index >= 15 is 0 Å². The van der Waals surface area contributed by atoms with Crippen LogP contribution in [0.2, 0.25) is 0 Å². The van der Waals surface area contributed by atoms with Crippen LogP contribution < -0.4 is 4.58 Å². The summed E-state index contributed by atoms with van der Waals surface area (Å²) in [6, 6.07) is 23.4. The van der Waals surface area contributed by atoms with Gasteiger partial charge in [0.05, 0.1) is 5.76 Å². The number of ketones is 1. The minimum atomic E-state index is -0.125.